The number of ether oxygens (including phenoxy) is 1. The van der Waals surface area contributed by atoms with E-state index in [-0.39, 0.29) is 6.10 Å². The molecule has 0 amide bonds. The molecule has 106 valence electrons. The Balaban J connectivity index is 1.71. The van der Waals surface area contributed by atoms with E-state index in [0.29, 0.717) is 6.61 Å². The highest BCUT2D eigenvalue weighted by Crippen LogP contribution is 2.20. The lowest BCUT2D eigenvalue weighted by Gasteiger charge is -2.31. The molecule has 0 radical (unpaired) electrons. The van der Waals surface area contributed by atoms with E-state index < -0.39 is 0 Å². The Morgan fingerprint density at radius 3 is 2.85 bits per heavy atom. The van der Waals surface area contributed by atoms with Gasteiger partial charge in [-0.3, -0.25) is 4.90 Å². The zero-order chi connectivity index (χ0) is 13.9. The van der Waals surface area contributed by atoms with Crippen molar-refractivity contribution in [3.63, 3.8) is 0 Å². The molecule has 0 aromatic carbocycles. The Bertz CT molecular complexity index is 549. The normalized spacial score (nSPS) is 20.2. The number of aryl methyl sites for hydroxylation is 2. The Hall–Kier alpha value is -1.79. The van der Waals surface area contributed by atoms with E-state index in [9.17, 15) is 0 Å². The molecule has 6 nitrogen and oxygen atoms in total. The van der Waals surface area contributed by atoms with E-state index in [1.807, 2.05) is 26.1 Å². The van der Waals surface area contributed by atoms with Crippen LogP contribution < -0.4 is 0 Å². The van der Waals surface area contributed by atoms with Crippen molar-refractivity contribution in [2.45, 2.75) is 26.5 Å². The number of H-pyrrole nitrogens is 1. The molecule has 1 saturated heterocycles. The monoisotopic (exact) mass is 273 g/mol. The molecule has 0 spiro atoms. The largest absolute Gasteiger partial charge is 0.368 e. The molecule has 3 heterocycles. The molecular formula is C14H19N5O. The van der Waals surface area contributed by atoms with E-state index in [0.717, 1.165) is 42.5 Å². The third-order valence-electron chi connectivity index (χ3n) is 3.39. The number of hydrogen-bond donors (Lipinski definition) is 1. The van der Waals surface area contributed by atoms with Crippen molar-refractivity contribution in [3.05, 3.63) is 41.5 Å². The molecule has 2 aromatic rings. The van der Waals surface area contributed by atoms with Crippen molar-refractivity contribution in [2.75, 3.05) is 19.7 Å². The lowest BCUT2D eigenvalue weighted by atomic mass is 10.2. The van der Waals surface area contributed by atoms with Crippen molar-refractivity contribution >= 4 is 0 Å². The molecule has 1 aliphatic rings. The predicted octanol–water partition coefficient (Wildman–Crippen LogP) is 1.39. The standard InChI is InChI=1S/C14H19N5O/c1-10-5-11(2)18-14(17-10)13-8-19(3-4-20-13)7-12-6-15-9-16-12/h5-6,9,13H,3-4,7-8H2,1-2H3,(H,15,16)/t13-/m1/s1. The summed E-state index contributed by atoms with van der Waals surface area (Å²) in [6, 6.07) is 1.98. The molecule has 1 atom stereocenters. The maximum atomic E-state index is 5.83. The van der Waals surface area contributed by atoms with Gasteiger partial charge in [-0.25, -0.2) is 15.0 Å². The molecule has 0 bridgehead atoms. The van der Waals surface area contributed by atoms with E-state index in [4.69, 9.17) is 4.74 Å². The van der Waals surface area contributed by atoms with Gasteiger partial charge in [-0.05, 0) is 19.9 Å². The van der Waals surface area contributed by atoms with Gasteiger partial charge in [0.25, 0.3) is 0 Å². The molecule has 0 unspecified atom stereocenters. The van der Waals surface area contributed by atoms with Crippen molar-refractivity contribution in [1.29, 1.82) is 0 Å². The van der Waals surface area contributed by atoms with Gasteiger partial charge >= 0.3 is 0 Å². The topological polar surface area (TPSA) is 66.9 Å². The zero-order valence-electron chi connectivity index (χ0n) is 11.8. The minimum Gasteiger partial charge on any atom is -0.368 e. The van der Waals surface area contributed by atoms with Crippen LogP contribution in [0.25, 0.3) is 0 Å². The Morgan fingerprint density at radius 2 is 2.15 bits per heavy atom. The summed E-state index contributed by atoms with van der Waals surface area (Å²) >= 11 is 0. The van der Waals surface area contributed by atoms with Crippen molar-refractivity contribution in [2.24, 2.45) is 0 Å². The van der Waals surface area contributed by atoms with Crippen LogP contribution in [-0.4, -0.2) is 44.5 Å². The number of rotatable bonds is 3. The Labute approximate surface area is 118 Å². The van der Waals surface area contributed by atoms with Crippen molar-refractivity contribution in [1.82, 2.24) is 24.8 Å². The molecular weight excluding hydrogens is 254 g/mol. The number of nitrogens with zero attached hydrogens (tertiary/aromatic N) is 4. The van der Waals surface area contributed by atoms with Gasteiger partial charge in [0.1, 0.15) is 6.10 Å². The highest BCUT2D eigenvalue weighted by atomic mass is 16.5. The molecule has 1 fully saturated rings. The fourth-order valence-corrected chi connectivity index (χ4v) is 2.51. The maximum Gasteiger partial charge on any atom is 0.158 e. The third-order valence-corrected chi connectivity index (χ3v) is 3.39. The highest BCUT2D eigenvalue weighted by Gasteiger charge is 2.24. The highest BCUT2D eigenvalue weighted by molar-refractivity contribution is 5.10. The minimum absolute atomic E-state index is 0.0507. The van der Waals surface area contributed by atoms with Gasteiger partial charge in [-0.1, -0.05) is 0 Å². The van der Waals surface area contributed by atoms with E-state index >= 15 is 0 Å². The van der Waals surface area contributed by atoms with E-state index in [2.05, 4.69) is 24.8 Å². The summed E-state index contributed by atoms with van der Waals surface area (Å²) in [7, 11) is 0. The fraction of sp³-hybridized carbons (Fsp3) is 0.500. The number of hydrogen-bond acceptors (Lipinski definition) is 5. The summed E-state index contributed by atoms with van der Waals surface area (Å²) in [6.45, 7) is 7.26. The van der Waals surface area contributed by atoms with Crippen LogP contribution in [0.2, 0.25) is 0 Å². The van der Waals surface area contributed by atoms with Gasteiger partial charge < -0.3 is 9.72 Å². The Morgan fingerprint density at radius 1 is 1.35 bits per heavy atom. The van der Waals surface area contributed by atoms with Crippen LogP contribution in [0.15, 0.2) is 18.6 Å². The summed E-state index contributed by atoms with van der Waals surface area (Å²) < 4.78 is 5.83. The average Bonchev–Trinajstić information content (AvgIpc) is 2.91. The Kier molecular flexibility index (Phi) is 3.75. The lowest BCUT2D eigenvalue weighted by Crippen LogP contribution is -2.38. The second-order valence-corrected chi connectivity index (χ2v) is 5.18. The van der Waals surface area contributed by atoms with Crippen molar-refractivity contribution in [3.8, 4) is 0 Å². The molecule has 1 aliphatic heterocycles. The second-order valence-electron chi connectivity index (χ2n) is 5.18. The predicted molar refractivity (Wildman–Crippen MR) is 74.1 cm³/mol. The molecule has 0 saturated carbocycles. The van der Waals surface area contributed by atoms with Crippen LogP contribution >= 0.6 is 0 Å². The van der Waals surface area contributed by atoms with Gasteiger partial charge in [0.05, 0.1) is 12.9 Å². The first-order valence-electron chi connectivity index (χ1n) is 6.84. The summed E-state index contributed by atoms with van der Waals surface area (Å²) in [5.41, 5.74) is 3.09. The number of morpholine rings is 1. The van der Waals surface area contributed by atoms with Crippen LogP contribution in [0.4, 0.5) is 0 Å². The molecule has 20 heavy (non-hydrogen) atoms. The van der Waals surface area contributed by atoms with Crippen LogP contribution in [-0.2, 0) is 11.3 Å². The molecule has 6 heteroatoms. The van der Waals surface area contributed by atoms with Crippen LogP contribution in [0.3, 0.4) is 0 Å². The number of imidazole rings is 1. The van der Waals surface area contributed by atoms with Gasteiger partial charge in [0.2, 0.25) is 0 Å². The smallest absolute Gasteiger partial charge is 0.158 e. The summed E-state index contributed by atoms with van der Waals surface area (Å²) in [6.07, 6.45) is 3.52. The summed E-state index contributed by atoms with van der Waals surface area (Å²) in [5.74, 6) is 0.789. The molecule has 1 N–H and O–H groups in total. The third kappa shape index (κ3) is 3.02. The SMILES string of the molecule is Cc1cc(C)nc([C@H]2CN(Cc3cnc[nH]3)CCO2)n1. The van der Waals surface area contributed by atoms with Crippen LogP contribution in [0.1, 0.15) is 29.0 Å². The van der Waals surface area contributed by atoms with Crippen molar-refractivity contribution < 1.29 is 4.74 Å². The van der Waals surface area contributed by atoms with E-state index in [1.165, 1.54) is 0 Å². The first-order chi connectivity index (χ1) is 9.70. The maximum absolute atomic E-state index is 5.83. The summed E-state index contributed by atoms with van der Waals surface area (Å²) in [5, 5.41) is 0. The number of nitrogens with one attached hydrogen (secondary N) is 1. The fourth-order valence-electron chi connectivity index (χ4n) is 2.51. The van der Waals surface area contributed by atoms with Gasteiger partial charge in [-0.2, -0.15) is 0 Å². The molecule has 2 aromatic heterocycles. The number of aromatic amines is 1. The summed E-state index contributed by atoms with van der Waals surface area (Å²) in [4.78, 5) is 18.5. The average molecular weight is 273 g/mol. The van der Waals surface area contributed by atoms with Crippen LogP contribution in [0.5, 0.6) is 0 Å². The zero-order valence-corrected chi connectivity index (χ0v) is 11.8. The first-order valence-corrected chi connectivity index (χ1v) is 6.84. The van der Waals surface area contributed by atoms with Gasteiger partial charge in [0, 0.05) is 42.9 Å². The first kappa shape index (κ1) is 13.2. The molecule has 0 aliphatic carbocycles. The second kappa shape index (κ2) is 5.68. The quantitative estimate of drug-likeness (QED) is 0.915. The van der Waals surface area contributed by atoms with Crippen LogP contribution in [0, 0.1) is 13.8 Å². The minimum atomic E-state index is -0.0507. The van der Waals surface area contributed by atoms with Gasteiger partial charge in [-0.15, -0.1) is 0 Å². The lowest BCUT2D eigenvalue weighted by molar-refractivity contribution is -0.0376. The molecule has 3 rings (SSSR count). The van der Waals surface area contributed by atoms with E-state index in [1.54, 1.807) is 6.33 Å². The number of aromatic nitrogens is 4. The van der Waals surface area contributed by atoms with Gasteiger partial charge in [0.15, 0.2) is 5.82 Å².